The number of piperidine rings is 1. The molecule has 1 heterocycles. The third kappa shape index (κ3) is 6.99. The Morgan fingerprint density at radius 3 is 2.15 bits per heavy atom. The smallest absolute Gasteiger partial charge is 0.00631 e. The van der Waals surface area contributed by atoms with Gasteiger partial charge in [0.15, 0.2) is 0 Å². The first-order valence-corrected chi connectivity index (χ1v) is 5.31. The molecule has 0 saturated carbocycles. The van der Waals surface area contributed by atoms with Crippen LogP contribution >= 0.6 is 0 Å². The zero-order chi connectivity index (χ0) is 10.1. The summed E-state index contributed by atoms with van der Waals surface area (Å²) in [6.45, 7) is 5.92. The third-order valence-electron chi connectivity index (χ3n) is 2.17. The number of hydrogen-bond acceptors (Lipinski definition) is 3. The van der Waals surface area contributed by atoms with Crippen LogP contribution in [0.4, 0.5) is 0 Å². The van der Waals surface area contributed by atoms with Crippen molar-refractivity contribution >= 4 is 0 Å². The molecule has 0 aromatic rings. The van der Waals surface area contributed by atoms with Gasteiger partial charge in [0.05, 0.1) is 0 Å². The lowest BCUT2D eigenvalue weighted by Crippen LogP contribution is -2.39. The molecular weight excluding hydrogens is 162 g/mol. The van der Waals surface area contributed by atoms with E-state index in [1.165, 1.54) is 38.9 Å². The van der Waals surface area contributed by atoms with Crippen LogP contribution in [0.2, 0.25) is 0 Å². The molecule has 0 radical (unpaired) electrons. The van der Waals surface area contributed by atoms with Crippen LogP contribution in [-0.4, -0.2) is 44.7 Å². The van der Waals surface area contributed by atoms with E-state index in [1.807, 2.05) is 14.1 Å². The van der Waals surface area contributed by atoms with Crippen molar-refractivity contribution in [3.63, 3.8) is 0 Å². The molecule has 0 bridgehead atoms. The number of nitrogens with two attached hydrogens (primary N) is 1. The van der Waals surface area contributed by atoms with Crippen LogP contribution in [0.1, 0.15) is 26.2 Å². The first kappa shape index (κ1) is 12.9. The minimum atomic E-state index is 0.480. The van der Waals surface area contributed by atoms with Crippen LogP contribution in [0.5, 0.6) is 0 Å². The van der Waals surface area contributed by atoms with Gasteiger partial charge in [-0.3, -0.25) is 0 Å². The molecule has 13 heavy (non-hydrogen) atoms. The number of likely N-dealkylation sites (tertiary alicyclic amines) is 1. The van der Waals surface area contributed by atoms with Gasteiger partial charge < -0.3 is 16.0 Å². The Bertz CT molecular complexity index is 98.3. The molecule has 3 nitrogen and oxygen atoms in total. The van der Waals surface area contributed by atoms with Crippen LogP contribution in [0.15, 0.2) is 0 Å². The quantitative estimate of drug-likeness (QED) is 0.667. The predicted octanol–water partition coefficient (Wildman–Crippen LogP) is 0.655. The van der Waals surface area contributed by atoms with Gasteiger partial charge in [0.25, 0.3) is 0 Å². The van der Waals surface area contributed by atoms with Crippen molar-refractivity contribution in [3.8, 4) is 0 Å². The molecule has 1 saturated heterocycles. The fourth-order valence-electron chi connectivity index (χ4n) is 1.49. The van der Waals surface area contributed by atoms with Crippen molar-refractivity contribution in [3.05, 3.63) is 0 Å². The fourth-order valence-corrected chi connectivity index (χ4v) is 1.49. The van der Waals surface area contributed by atoms with E-state index < -0.39 is 0 Å². The molecule has 1 aliphatic rings. The molecule has 0 aromatic heterocycles. The van der Waals surface area contributed by atoms with Crippen molar-refractivity contribution in [2.45, 2.75) is 32.2 Å². The molecule has 0 aromatic carbocycles. The average Bonchev–Trinajstić information content (AvgIpc) is 2.11. The zero-order valence-corrected chi connectivity index (χ0v) is 9.34. The number of hydrogen-bond donors (Lipinski definition) is 2. The highest BCUT2D eigenvalue weighted by Crippen LogP contribution is 2.07. The Morgan fingerprint density at radius 1 is 1.31 bits per heavy atom. The maximum atomic E-state index is 5.77. The monoisotopic (exact) mass is 187 g/mol. The molecule has 0 spiro atoms. The average molecular weight is 187 g/mol. The van der Waals surface area contributed by atoms with Gasteiger partial charge >= 0.3 is 0 Å². The summed E-state index contributed by atoms with van der Waals surface area (Å²) in [6, 6.07) is 0.480. The van der Waals surface area contributed by atoms with Gasteiger partial charge in [0.1, 0.15) is 0 Å². The number of rotatable bonds is 2. The molecule has 1 rings (SSSR count). The summed E-state index contributed by atoms with van der Waals surface area (Å²) in [6.07, 6.45) is 3.66. The van der Waals surface area contributed by atoms with E-state index in [9.17, 15) is 0 Å². The van der Waals surface area contributed by atoms with Crippen LogP contribution in [0.25, 0.3) is 0 Å². The summed E-state index contributed by atoms with van der Waals surface area (Å²) >= 11 is 0. The molecule has 0 atom stereocenters. The Morgan fingerprint density at radius 2 is 1.77 bits per heavy atom. The fraction of sp³-hybridized carbons (Fsp3) is 1.00. The van der Waals surface area contributed by atoms with E-state index in [0.29, 0.717) is 6.04 Å². The minimum absolute atomic E-state index is 0.480. The van der Waals surface area contributed by atoms with Gasteiger partial charge in [-0.05, 0) is 53.0 Å². The van der Waals surface area contributed by atoms with Crippen molar-refractivity contribution in [1.29, 1.82) is 0 Å². The van der Waals surface area contributed by atoms with E-state index in [1.54, 1.807) is 0 Å². The molecule has 1 fully saturated rings. The molecule has 1 aliphatic heterocycles. The Hall–Kier alpha value is -0.120. The normalized spacial score (nSPS) is 19.4. The van der Waals surface area contributed by atoms with Gasteiger partial charge in [0.2, 0.25) is 0 Å². The molecule has 3 heteroatoms. The van der Waals surface area contributed by atoms with Gasteiger partial charge in [0, 0.05) is 6.04 Å². The van der Waals surface area contributed by atoms with Crippen LogP contribution < -0.4 is 11.1 Å². The maximum Gasteiger partial charge on any atom is 0.00631 e. The summed E-state index contributed by atoms with van der Waals surface area (Å²) in [4.78, 5) is 2.50. The van der Waals surface area contributed by atoms with E-state index in [-0.39, 0.29) is 0 Å². The third-order valence-corrected chi connectivity index (χ3v) is 2.17. The first-order chi connectivity index (χ1) is 6.24. The summed E-state index contributed by atoms with van der Waals surface area (Å²) in [5.41, 5.74) is 5.77. The molecular formula is C10H25N3. The van der Waals surface area contributed by atoms with Gasteiger partial charge in [-0.25, -0.2) is 0 Å². The molecule has 0 amide bonds. The second kappa shape index (κ2) is 8.48. The lowest BCUT2D eigenvalue weighted by atomic mass is 10.1. The van der Waals surface area contributed by atoms with Crippen molar-refractivity contribution in [2.75, 3.05) is 33.7 Å². The summed E-state index contributed by atoms with van der Waals surface area (Å²) in [5.74, 6) is 0. The van der Waals surface area contributed by atoms with Crippen molar-refractivity contribution in [2.24, 2.45) is 5.73 Å². The SMILES string of the molecule is CCCN1CCC(N)CC1.CNC. The maximum absolute atomic E-state index is 5.77. The number of nitrogens with one attached hydrogen (secondary N) is 1. The van der Waals surface area contributed by atoms with Crippen LogP contribution in [0.3, 0.4) is 0 Å². The Kier molecular flexibility index (Phi) is 8.40. The molecule has 0 aliphatic carbocycles. The molecule has 0 unspecified atom stereocenters. The summed E-state index contributed by atoms with van der Waals surface area (Å²) < 4.78 is 0. The largest absolute Gasteiger partial charge is 0.328 e. The standard InChI is InChI=1S/C8H18N2.C2H7N/c1-2-5-10-6-3-8(9)4-7-10;1-3-2/h8H,2-7,9H2,1H3;3H,1-2H3. The van der Waals surface area contributed by atoms with Crippen molar-refractivity contribution in [1.82, 2.24) is 10.2 Å². The molecule has 3 N–H and O–H groups in total. The topological polar surface area (TPSA) is 41.3 Å². The molecule has 80 valence electrons. The van der Waals surface area contributed by atoms with Gasteiger partial charge in [-0.1, -0.05) is 6.92 Å². The lowest BCUT2D eigenvalue weighted by molar-refractivity contribution is 0.214. The van der Waals surface area contributed by atoms with Crippen LogP contribution in [-0.2, 0) is 0 Å². The highest BCUT2D eigenvalue weighted by atomic mass is 15.1. The van der Waals surface area contributed by atoms with E-state index in [2.05, 4.69) is 17.1 Å². The van der Waals surface area contributed by atoms with Gasteiger partial charge in [-0.15, -0.1) is 0 Å². The lowest BCUT2D eigenvalue weighted by Gasteiger charge is -2.29. The minimum Gasteiger partial charge on any atom is -0.328 e. The Balaban J connectivity index is 0.000000424. The van der Waals surface area contributed by atoms with Crippen molar-refractivity contribution < 1.29 is 0 Å². The van der Waals surface area contributed by atoms with Crippen LogP contribution in [0, 0.1) is 0 Å². The zero-order valence-electron chi connectivity index (χ0n) is 9.34. The highest BCUT2D eigenvalue weighted by Gasteiger charge is 2.14. The van der Waals surface area contributed by atoms with E-state index >= 15 is 0 Å². The predicted molar refractivity (Wildman–Crippen MR) is 58.9 cm³/mol. The Labute approximate surface area is 82.7 Å². The van der Waals surface area contributed by atoms with E-state index in [4.69, 9.17) is 5.73 Å². The van der Waals surface area contributed by atoms with E-state index in [0.717, 1.165) is 0 Å². The van der Waals surface area contributed by atoms with Gasteiger partial charge in [-0.2, -0.15) is 0 Å². The highest BCUT2D eigenvalue weighted by molar-refractivity contribution is 4.73. The second-order valence-electron chi connectivity index (χ2n) is 3.68. The summed E-state index contributed by atoms with van der Waals surface area (Å²) in [5, 5.41) is 2.75. The summed E-state index contributed by atoms with van der Waals surface area (Å²) in [7, 11) is 3.75. The first-order valence-electron chi connectivity index (χ1n) is 5.31. The second-order valence-corrected chi connectivity index (χ2v) is 3.68. The number of nitrogens with zero attached hydrogens (tertiary/aromatic N) is 1.